The van der Waals surface area contributed by atoms with E-state index in [-0.39, 0.29) is 17.7 Å². The van der Waals surface area contributed by atoms with Crippen molar-refractivity contribution in [1.29, 1.82) is 0 Å². The molecule has 4 aromatic rings. The largest absolute Gasteiger partial charge is 0.375 e. The smallest absolute Gasteiger partial charge is 0.321 e. The van der Waals surface area contributed by atoms with Crippen molar-refractivity contribution in [3.05, 3.63) is 42.5 Å². The number of anilines is 2. The van der Waals surface area contributed by atoms with Crippen molar-refractivity contribution in [2.24, 2.45) is 0 Å². The lowest BCUT2D eigenvalue weighted by atomic mass is 10.0. The number of carbonyl (C=O) groups is 1. The monoisotopic (exact) mass is 397 g/mol. The van der Waals surface area contributed by atoms with Gasteiger partial charge in [-0.25, -0.2) is 19.2 Å². The molecule has 0 unspecified atom stereocenters. The first-order valence-electron chi connectivity index (χ1n) is 8.46. The Balaban J connectivity index is 1.89. The summed E-state index contributed by atoms with van der Waals surface area (Å²) < 4.78 is 14.5. The summed E-state index contributed by atoms with van der Waals surface area (Å²) in [6, 6.07) is 6.11. The van der Waals surface area contributed by atoms with Gasteiger partial charge in [0.15, 0.2) is 5.13 Å². The van der Waals surface area contributed by atoms with Crippen molar-refractivity contribution >= 4 is 39.5 Å². The zero-order chi connectivity index (χ0) is 19.7. The third-order valence-corrected chi connectivity index (χ3v) is 4.86. The molecule has 0 saturated heterocycles. The summed E-state index contributed by atoms with van der Waals surface area (Å²) in [6.07, 6.45) is 3.17. The van der Waals surface area contributed by atoms with Crippen LogP contribution in [0.1, 0.15) is 6.92 Å². The number of aromatic nitrogens is 4. The van der Waals surface area contributed by atoms with Crippen LogP contribution in [0.4, 0.5) is 20.3 Å². The minimum atomic E-state index is -0.461. The van der Waals surface area contributed by atoms with Crippen molar-refractivity contribution in [1.82, 2.24) is 25.3 Å². The lowest BCUT2D eigenvalue weighted by molar-refractivity contribution is 0.252. The van der Waals surface area contributed by atoms with Crippen LogP contribution >= 0.6 is 11.3 Å². The predicted molar refractivity (Wildman–Crippen MR) is 107 cm³/mol. The maximum atomic E-state index is 14.5. The number of H-pyrrole nitrogens is 1. The Hall–Kier alpha value is -3.53. The summed E-state index contributed by atoms with van der Waals surface area (Å²) in [6.45, 7) is 2.29. The SMILES string of the molecule is CCNC(=O)Nc1nc2cc(-c3cnc(N)s3)cc(-c3ncccc3F)c2[nH]1. The number of halogens is 1. The number of amides is 2. The Morgan fingerprint density at radius 2 is 2.21 bits per heavy atom. The van der Waals surface area contributed by atoms with Crippen LogP contribution in [-0.4, -0.2) is 32.5 Å². The van der Waals surface area contributed by atoms with Gasteiger partial charge in [0, 0.05) is 24.5 Å². The molecule has 0 atom stereocenters. The third-order valence-electron chi connectivity index (χ3n) is 3.98. The fourth-order valence-electron chi connectivity index (χ4n) is 2.82. The normalized spacial score (nSPS) is 10.9. The van der Waals surface area contributed by atoms with E-state index < -0.39 is 5.82 Å². The Kier molecular flexibility index (Phi) is 4.62. The number of thiazole rings is 1. The second kappa shape index (κ2) is 7.24. The molecule has 2 amide bonds. The lowest BCUT2D eigenvalue weighted by Crippen LogP contribution is -2.28. The van der Waals surface area contributed by atoms with Crippen LogP contribution in [0.25, 0.3) is 32.7 Å². The second-order valence-electron chi connectivity index (χ2n) is 5.88. The van der Waals surface area contributed by atoms with Gasteiger partial charge in [-0.2, -0.15) is 0 Å². The molecule has 0 saturated carbocycles. The first-order valence-corrected chi connectivity index (χ1v) is 9.28. The minimum Gasteiger partial charge on any atom is -0.375 e. The van der Waals surface area contributed by atoms with Gasteiger partial charge < -0.3 is 16.0 Å². The molecular formula is C18H16FN7OS. The molecule has 4 rings (SSSR count). The van der Waals surface area contributed by atoms with E-state index in [2.05, 4.69) is 30.6 Å². The number of pyridine rings is 1. The molecule has 142 valence electrons. The number of aromatic amines is 1. The molecule has 3 heterocycles. The van der Waals surface area contributed by atoms with E-state index >= 15 is 0 Å². The van der Waals surface area contributed by atoms with E-state index in [0.717, 1.165) is 10.4 Å². The van der Waals surface area contributed by atoms with Crippen molar-refractivity contribution in [3.8, 4) is 21.7 Å². The van der Waals surface area contributed by atoms with Gasteiger partial charge in [-0.15, -0.1) is 0 Å². The number of imidazole rings is 1. The Bertz CT molecular complexity index is 1170. The van der Waals surface area contributed by atoms with Crippen molar-refractivity contribution in [2.75, 3.05) is 17.6 Å². The van der Waals surface area contributed by atoms with Crippen LogP contribution in [0.5, 0.6) is 0 Å². The zero-order valence-corrected chi connectivity index (χ0v) is 15.6. The van der Waals surface area contributed by atoms with Gasteiger partial charge in [-0.1, -0.05) is 11.3 Å². The van der Waals surface area contributed by atoms with E-state index in [4.69, 9.17) is 5.73 Å². The van der Waals surface area contributed by atoms with Gasteiger partial charge in [-0.3, -0.25) is 10.3 Å². The van der Waals surface area contributed by atoms with Crippen LogP contribution in [-0.2, 0) is 0 Å². The van der Waals surface area contributed by atoms with Gasteiger partial charge in [0.05, 0.1) is 15.9 Å². The molecule has 1 aromatic carbocycles. The number of carbonyl (C=O) groups excluding carboxylic acids is 1. The molecule has 0 aliphatic rings. The molecule has 5 N–H and O–H groups in total. The first kappa shape index (κ1) is 17.9. The molecule has 0 bridgehead atoms. The standard InChI is InChI=1S/C18H16FN7OS/c1-2-21-18(27)26-17-24-12-7-9(13-8-23-16(20)28-13)6-10(15(12)25-17)14-11(19)4-3-5-22-14/h3-8H,2H2,1H3,(H2,20,23)(H3,21,24,25,26,27). The van der Waals surface area contributed by atoms with E-state index in [1.54, 1.807) is 12.3 Å². The Morgan fingerprint density at radius 3 is 2.93 bits per heavy atom. The number of nitrogens with one attached hydrogen (secondary N) is 3. The van der Waals surface area contributed by atoms with Crippen LogP contribution in [0.2, 0.25) is 0 Å². The summed E-state index contributed by atoms with van der Waals surface area (Å²) >= 11 is 1.32. The van der Waals surface area contributed by atoms with Gasteiger partial charge in [0.2, 0.25) is 5.95 Å². The van der Waals surface area contributed by atoms with Crippen LogP contribution < -0.4 is 16.4 Å². The van der Waals surface area contributed by atoms with Crippen LogP contribution in [0.3, 0.4) is 0 Å². The Morgan fingerprint density at radius 1 is 1.36 bits per heavy atom. The zero-order valence-electron chi connectivity index (χ0n) is 14.8. The fraction of sp³-hybridized carbons (Fsp3) is 0.111. The van der Waals surface area contributed by atoms with Gasteiger partial charge in [-0.05, 0) is 36.8 Å². The summed E-state index contributed by atoms with van der Waals surface area (Å²) in [5, 5.41) is 5.69. The topological polar surface area (TPSA) is 122 Å². The Labute approximate surface area is 163 Å². The highest BCUT2D eigenvalue weighted by atomic mass is 32.1. The molecule has 0 aliphatic carbocycles. The van der Waals surface area contributed by atoms with Crippen molar-refractivity contribution in [2.45, 2.75) is 6.92 Å². The quantitative estimate of drug-likeness (QED) is 0.419. The number of rotatable bonds is 4. The molecule has 3 aromatic heterocycles. The minimum absolute atomic E-state index is 0.181. The summed E-state index contributed by atoms with van der Waals surface area (Å²) in [4.78, 5) is 28.3. The molecule has 10 heteroatoms. The van der Waals surface area contributed by atoms with Crippen molar-refractivity contribution < 1.29 is 9.18 Å². The van der Waals surface area contributed by atoms with Crippen molar-refractivity contribution in [3.63, 3.8) is 0 Å². The van der Waals surface area contributed by atoms with E-state index in [1.165, 1.54) is 29.7 Å². The van der Waals surface area contributed by atoms with Gasteiger partial charge >= 0.3 is 6.03 Å². The number of hydrogen-bond donors (Lipinski definition) is 4. The van der Waals surface area contributed by atoms with Crippen LogP contribution in [0, 0.1) is 5.82 Å². The highest BCUT2D eigenvalue weighted by Gasteiger charge is 2.17. The van der Waals surface area contributed by atoms with E-state index in [0.29, 0.717) is 28.3 Å². The number of fused-ring (bicyclic) bond motifs is 1. The highest BCUT2D eigenvalue weighted by molar-refractivity contribution is 7.18. The molecular weight excluding hydrogens is 381 g/mol. The summed E-state index contributed by atoms with van der Waals surface area (Å²) in [5.74, 6) is -0.211. The molecule has 0 aliphatic heterocycles. The number of nitrogens with two attached hydrogens (primary N) is 1. The molecule has 0 spiro atoms. The lowest BCUT2D eigenvalue weighted by Gasteiger charge is -2.06. The number of benzene rings is 1. The highest BCUT2D eigenvalue weighted by Crippen LogP contribution is 2.36. The maximum absolute atomic E-state index is 14.5. The third kappa shape index (κ3) is 3.37. The van der Waals surface area contributed by atoms with E-state index in [1.807, 2.05) is 13.0 Å². The second-order valence-corrected chi connectivity index (χ2v) is 6.95. The molecule has 0 fully saturated rings. The average Bonchev–Trinajstić information content (AvgIpc) is 3.27. The van der Waals surface area contributed by atoms with E-state index in [9.17, 15) is 9.18 Å². The summed E-state index contributed by atoms with van der Waals surface area (Å²) in [7, 11) is 0. The molecule has 0 radical (unpaired) electrons. The first-order chi connectivity index (χ1) is 13.5. The van der Waals surface area contributed by atoms with Gasteiger partial charge in [0.1, 0.15) is 11.5 Å². The molecule has 28 heavy (non-hydrogen) atoms. The maximum Gasteiger partial charge on any atom is 0.321 e. The molecule has 8 nitrogen and oxygen atoms in total. The number of urea groups is 1. The average molecular weight is 397 g/mol. The van der Waals surface area contributed by atoms with Gasteiger partial charge in [0.25, 0.3) is 0 Å². The fourth-order valence-corrected chi connectivity index (χ4v) is 3.49. The number of hydrogen-bond acceptors (Lipinski definition) is 6. The number of nitrogens with zero attached hydrogens (tertiary/aromatic N) is 3. The predicted octanol–water partition coefficient (Wildman–Crippen LogP) is 3.61. The summed E-state index contributed by atoms with van der Waals surface area (Å²) in [5.41, 5.74) is 8.34. The number of nitrogen functional groups attached to an aromatic ring is 1. The van der Waals surface area contributed by atoms with Crippen LogP contribution in [0.15, 0.2) is 36.7 Å².